The smallest absolute Gasteiger partial charge is 0.254 e. The number of benzene rings is 2. The van der Waals surface area contributed by atoms with Gasteiger partial charge in [-0.1, -0.05) is 29.3 Å². The molecule has 0 radical (unpaired) electrons. The van der Waals surface area contributed by atoms with E-state index >= 15 is 0 Å². The second-order valence-corrected chi connectivity index (χ2v) is 7.45. The number of anilines is 1. The zero-order valence-electron chi connectivity index (χ0n) is 15.3. The molecule has 1 amide bonds. The van der Waals surface area contributed by atoms with Gasteiger partial charge in [-0.2, -0.15) is 10.2 Å². The van der Waals surface area contributed by atoms with Crippen LogP contribution < -0.4 is 4.90 Å². The van der Waals surface area contributed by atoms with Crippen LogP contribution in [0.25, 0.3) is 11.5 Å². The molecule has 0 bridgehead atoms. The standard InChI is InChI=1S/C21H16Cl2N4O2/c22-16-6-4-14(5-7-16)19-25-18(13-24)21(29-19)27-10-8-26(9-11-27)20(28)15-2-1-3-17(23)12-15/h1-7,12H,8-11H2. The van der Waals surface area contributed by atoms with Crippen LogP contribution in [0.3, 0.4) is 0 Å². The van der Waals surface area contributed by atoms with Crippen molar-refractivity contribution in [1.29, 1.82) is 5.26 Å². The first-order valence-corrected chi connectivity index (χ1v) is 9.77. The Bertz CT molecular complexity index is 1080. The van der Waals surface area contributed by atoms with Crippen molar-refractivity contribution >= 4 is 35.0 Å². The van der Waals surface area contributed by atoms with Gasteiger partial charge in [0.25, 0.3) is 5.91 Å². The first-order valence-electron chi connectivity index (χ1n) is 9.02. The number of hydrogen-bond acceptors (Lipinski definition) is 5. The first-order chi connectivity index (χ1) is 14.0. The van der Waals surface area contributed by atoms with Crippen molar-refractivity contribution in [2.24, 2.45) is 0 Å². The minimum absolute atomic E-state index is 0.0629. The molecule has 29 heavy (non-hydrogen) atoms. The zero-order chi connectivity index (χ0) is 20.4. The monoisotopic (exact) mass is 426 g/mol. The number of rotatable bonds is 3. The molecule has 0 unspecified atom stereocenters. The SMILES string of the molecule is N#Cc1nc(-c2ccc(Cl)cc2)oc1N1CCN(C(=O)c2cccc(Cl)c2)CC1. The summed E-state index contributed by atoms with van der Waals surface area (Å²) in [5, 5.41) is 10.6. The van der Waals surface area contributed by atoms with Crippen LogP contribution in [0.15, 0.2) is 52.9 Å². The molecule has 1 fully saturated rings. The van der Waals surface area contributed by atoms with E-state index in [4.69, 9.17) is 27.6 Å². The fraction of sp³-hybridized carbons (Fsp3) is 0.190. The van der Waals surface area contributed by atoms with Gasteiger partial charge in [0, 0.05) is 47.4 Å². The molecule has 8 heteroatoms. The molecule has 0 aliphatic carbocycles. The number of nitrogens with zero attached hydrogens (tertiary/aromatic N) is 4. The summed E-state index contributed by atoms with van der Waals surface area (Å²) in [4.78, 5) is 20.7. The maximum absolute atomic E-state index is 12.7. The second-order valence-electron chi connectivity index (χ2n) is 6.58. The van der Waals surface area contributed by atoms with E-state index in [1.807, 2.05) is 4.90 Å². The Morgan fingerprint density at radius 1 is 1.03 bits per heavy atom. The van der Waals surface area contributed by atoms with Crippen LogP contribution >= 0.6 is 23.2 Å². The summed E-state index contributed by atoms with van der Waals surface area (Å²) in [6.07, 6.45) is 0. The summed E-state index contributed by atoms with van der Waals surface area (Å²) in [6.45, 7) is 2.09. The maximum Gasteiger partial charge on any atom is 0.254 e. The maximum atomic E-state index is 12.7. The van der Waals surface area contributed by atoms with Gasteiger partial charge in [0.15, 0.2) is 0 Å². The van der Waals surface area contributed by atoms with Crippen molar-refractivity contribution in [2.45, 2.75) is 0 Å². The molecule has 3 aromatic rings. The van der Waals surface area contributed by atoms with Gasteiger partial charge in [0.1, 0.15) is 6.07 Å². The lowest BCUT2D eigenvalue weighted by atomic mass is 10.2. The number of oxazole rings is 1. The summed E-state index contributed by atoms with van der Waals surface area (Å²) in [5.41, 5.74) is 1.53. The molecule has 1 aliphatic heterocycles. The van der Waals surface area contributed by atoms with Crippen LogP contribution in [0.4, 0.5) is 5.88 Å². The predicted octanol–water partition coefficient (Wildman–Crippen LogP) is 4.48. The number of amides is 1. The Balaban J connectivity index is 1.49. The number of halogens is 2. The minimum Gasteiger partial charge on any atom is -0.419 e. The lowest BCUT2D eigenvalue weighted by Crippen LogP contribution is -2.48. The van der Waals surface area contributed by atoms with Gasteiger partial charge in [0.05, 0.1) is 0 Å². The number of nitriles is 1. The van der Waals surface area contributed by atoms with Crippen molar-refractivity contribution in [3.05, 3.63) is 69.8 Å². The average molecular weight is 427 g/mol. The second kappa shape index (κ2) is 8.16. The molecule has 146 valence electrons. The lowest BCUT2D eigenvalue weighted by Gasteiger charge is -2.34. The Morgan fingerprint density at radius 3 is 2.41 bits per heavy atom. The highest BCUT2D eigenvalue weighted by Crippen LogP contribution is 2.29. The third kappa shape index (κ3) is 4.07. The Labute approximate surface area is 177 Å². The van der Waals surface area contributed by atoms with E-state index in [2.05, 4.69) is 11.1 Å². The highest BCUT2D eigenvalue weighted by atomic mass is 35.5. The highest BCUT2D eigenvalue weighted by Gasteiger charge is 2.27. The Morgan fingerprint density at radius 2 is 1.76 bits per heavy atom. The van der Waals surface area contributed by atoms with E-state index in [1.54, 1.807) is 53.4 Å². The molecule has 2 heterocycles. The fourth-order valence-electron chi connectivity index (χ4n) is 3.23. The normalized spacial score (nSPS) is 14.0. The molecule has 6 nitrogen and oxygen atoms in total. The van der Waals surface area contributed by atoms with Crippen LogP contribution in [0.2, 0.25) is 10.0 Å². The van der Waals surface area contributed by atoms with E-state index in [-0.39, 0.29) is 11.6 Å². The van der Waals surface area contributed by atoms with Crippen LogP contribution in [-0.2, 0) is 0 Å². The highest BCUT2D eigenvalue weighted by molar-refractivity contribution is 6.31. The quantitative estimate of drug-likeness (QED) is 0.616. The molecule has 0 N–H and O–H groups in total. The van der Waals surface area contributed by atoms with E-state index in [0.717, 1.165) is 5.56 Å². The third-order valence-electron chi connectivity index (χ3n) is 4.73. The van der Waals surface area contributed by atoms with Crippen LogP contribution in [0, 0.1) is 11.3 Å². The van der Waals surface area contributed by atoms with E-state index in [9.17, 15) is 10.1 Å². The Kier molecular flexibility index (Phi) is 5.43. The van der Waals surface area contributed by atoms with Crippen molar-refractivity contribution in [3.8, 4) is 17.5 Å². The molecular weight excluding hydrogens is 411 g/mol. The largest absolute Gasteiger partial charge is 0.419 e. The summed E-state index contributed by atoms with van der Waals surface area (Å²) >= 11 is 11.9. The van der Waals surface area contributed by atoms with Gasteiger partial charge in [-0.3, -0.25) is 4.79 Å². The molecule has 0 saturated carbocycles. The van der Waals surface area contributed by atoms with Crippen molar-refractivity contribution in [3.63, 3.8) is 0 Å². The summed E-state index contributed by atoms with van der Waals surface area (Å²) in [7, 11) is 0. The lowest BCUT2D eigenvalue weighted by molar-refractivity contribution is 0.0745. The number of hydrogen-bond donors (Lipinski definition) is 0. The summed E-state index contributed by atoms with van der Waals surface area (Å²) < 4.78 is 5.90. The van der Waals surface area contributed by atoms with Crippen LogP contribution in [0.5, 0.6) is 0 Å². The number of carbonyl (C=O) groups excluding carboxylic acids is 1. The van der Waals surface area contributed by atoms with Crippen LogP contribution in [-0.4, -0.2) is 42.0 Å². The van der Waals surface area contributed by atoms with E-state index in [1.165, 1.54) is 0 Å². The molecule has 4 rings (SSSR count). The molecule has 1 aliphatic rings. The summed E-state index contributed by atoms with van der Waals surface area (Å²) in [6, 6.07) is 16.1. The minimum atomic E-state index is -0.0629. The fourth-order valence-corrected chi connectivity index (χ4v) is 3.55. The summed E-state index contributed by atoms with van der Waals surface area (Å²) in [5.74, 6) is 0.727. The molecule has 1 saturated heterocycles. The van der Waals surface area contributed by atoms with E-state index in [0.29, 0.717) is 53.6 Å². The first kappa shape index (κ1) is 19.3. The number of carbonyl (C=O) groups is 1. The van der Waals surface area contributed by atoms with Gasteiger partial charge >= 0.3 is 0 Å². The van der Waals surface area contributed by atoms with Gasteiger partial charge in [-0.25, -0.2) is 0 Å². The molecule has 0 atom stereocenters. The van der Waals surface area contributed by atoms with Gasteiger partial charge in [0.2, 0.25) is 17.5 Å². The molecule has 1 aromatic heterocycles. The van der Waals surface area contributed by atoms with Gasteiger partial charge in [-0.05, 0) is 42.5 Å². The molecule has 2 aromatic carbocycles. The zero-order valence-corrected chi connectivity index (χ0v) is 16.8. The van der Waals surface area contributed by atoms with Crippen LogP contribution in [0.1, 0.15) is 16.1 Å². The van der Waals surface area contributed by atoms with E-state index < -0.39 is 0 Å². The van der Waals surface area contributed by atoms with Gasteiger partial charge < -0.3 is 14.2 Å². The molecule has 0 spiro atoms. The van der Waals surface area contributed by atoms with Crippen molar-refractivity contribution < 1.29 is 9.21 Å². The topological polar surface area (TPSA) is 73.4 Å². The third-order valence-corrected chi connectivity index (χ3v) is 5.22. The van der Waals surface area contributed by atoms with Gasteiger partial charge in [-0.15, -0.1) is 0 Å². The van der Waals surface area contributed by atoms with Crippen molar-refractivity contribution in [2.75, 3.05) is 31.1 Å². The molecular formula is C21H16Cl2N4O2. The number of piperazine rings is 1. The van der Waals surface area contributed by atoms with Crippen molar-refractivity contribution in [1.82, 2.24) is 9.88 Å². The number of aromatic nitrogens is 1. The average Bonchev–Trinajstić information content (AvgIpc) is 3.18. The Hall–Kier alpha value is -3.01. The predicted molar refractivity (Wildman–Crippen MR) is 111 cm³/mol.